The molecular formula is C19H16ClN3O3S. The van der Waals surface area contributed by atoms with Crippen molar-refractivity contribution in [2.24, 2.45) is 0 Å². The molecule has 0 radical (unpaired) electrons. The molecule has 0 bridgehead atoms. The molecule has 1 aromatic heterocycles. The highest BCUT2D eigenvalue weighted by Gasteiger charge is 2.28. The summed E-state index contributed by atoms with van der Waals surface area (Å²) in [6.07, 6.45) is 0. The first-order valence-corrected chi connectivity index (χ1v) is 10.1. The van der Waals surface area contributed by atoms with Crippen molar-refractivity contribution in [3.05, 3.63) is 70.4 Å². The van der Waals surface area contributed by atoms with Gasteiger partial charge in [0, 0.05) is 26.9 Å². The quantitative estimate of drug-likeness (QED) is 0.725. The van der Waals surface area contributed by atoms with Crippen molar-refractivity contribution in [1.29, 1.82) is 0 Å². The molecule has 0 saturated heterocycles. The molecule has 0 aliphatic carbocycles. The number of carbonyl (C=O) groups is 1. The van der Waals surface area contributed by atoms with E-state index in [0.29, 0.717) is 27.9 Å². The molecule has 2 aromatic carbocycles. The Hall–Kier alpha value is -2.64. The lowest BCUT2D eigenvalue weighted by Crippen LogP contribution is -2.16. The summed E-state index contributed by atoms with van der Waals surface area (Å²) in [6, 6.07) is 14.1. The molecular weight excluding hydrogens is 386 g/mol. The van der Waals surface area contributed by atoms with Crippen LogP contribution in [0.1, 0.15) is 21.6 Å². The standard InChI is InChI=1S/C19H16ClN3O3S/c1-26-15-7-5-14(6-8-15)23-18(16-10-27(25)11-17(16)22-23)21-19(24)12-3-2-4-13(20)9-12/h2-9H,10-11H2,1H3,(H,21,24)/t27-/m1/s1. The fraction of sp³-hybridized carbons (Fsp3) is 0.158. The molecule has 0 saturated carbocycles. The number of ether oxygens (including phenoxy) is 1. The number of amides is 1. The van der Waals surface area contributed by atoms with Gasteiger partial charge < -0.3 is 10.1 Å². The van der Waals surface area contributed by atoms with Gasteiger partial charge in [-0.3, -0.25) is 9.00 Å². The van der Waals surface area contributed by atoms with E-state index in [0.717, 1.165) is 22.7 Å². The highest BCUT2D eigenvalue weighted by atomic mass is 35.5. The maximum Gasteiger partial charge on any atom is 0.256 e. The van der Waals surface area contributed by atoms with Crippen molar-refractivity contribution in [3.8, 4) is 11.4 Å². The van der Waals surface area contributed by atoms with Gasteiger partial charge >= 0.3 is 0 Å². The topological polar surface area (TPSA) is 73.2 Å². The zero-order valence-electron chi connectivity index (χ0n) is 14.4. The van der Waals surface area contributed by atoms with Gasteiger partial charge in [0.2, 0.25) is 0 Å². The van der Waals surface area contributed by atoms with Crippen LogP contribution in [-0.4, -0.2) is 27.0 Å². The maximum absolute atomic E-state index is 12.7. The van der Waals surface area contributed by atoms with Gasteiger partial charge in [0.15, 0.2) is 0 Å². The van der Waals surface area contributed by atoms with Gasteiger partial charge in [-0.2, -0.15) is 5.10 Å². The number of nitrogens with one attached hydrogen (secondary N) is 1. The Morgan fingerprint density at radius 1 is 1.22 bits per heavy atom. The van der Waals surface area contributed by atoms with Gasteiger partial charge in [-0.05, 0) is 42.5 Å². The predicted molar refractivity (Wildman–Crippen MR) is 105 cm³/mol. The van der Waals surface area contributed by atoms with Crippen LogP contribution < -0.4 is 10.1 Å². The van der Waals surface area contributed by atoms with Crippen LogP contribution in [-0.2, 0) is 22.3 Å². The van der Waals surface area contributed by atoms with E-state index in [9.17, 15) is 9.00 Å². The number of hydrogen-bond acceptors (Lipinski definition) is 4. The van der Waals surface area contributed by atoms with E-state index in [4.69, 9.17) is 16.3 Å². The number of fused-ring (bicyclic) bond motifs is 1. The largest absolute Gasteiger partial charge is 0.497 e. The molecule has 4 rings (SSSR count). The zero-order valence-corrected chi connectivity index (χ0v) is 16.0. The molecule has 1 aliphatic heterocycles. The first-order valence-electron chi connectivity index (χ1n) is 8.22. The number of anilines is 1. The van der Waals surface area contributed by atoms with E-state index in [2.05, 4.69) is 10.4 Å². The minimum atomic E-state index is -0.999. The Kier molecular flexibility index (Phi) is 4.72. The van der Waals surface area contributed by atoms with Crippen LogP contribution in [0.3, 0.4) is 0 Å². The van der Waals surface area contributed by atoms with Crippen molar-refractivity contribution in [1.82, 2.24) is 9.78 Å². The third-order valence-corrected chi connectivity index (χ3v) is 5.75. The number of benzene rings is 2. The van der Waals surface area contributed by atoms with E-state index in [-0.39, 0.29) is 5.91 Å². The molecule has 0 spiro atoms. The molecule has 3 aromatic rings. The average molecular weight is 402 g/mol. The number of aromatic nitrogens is 2. The minimum absolute atomic E-state index is 0.298. The molecule has 1 atom stereocenters. The summed E-state index contributed by atoms with van der Waals surface area (Å²) in [4.78, 5) is 12.7. The van der Waals surface area contributed by atoms with Crippen LogP contribution in [0.5, 0.6) is 5.75 Å². The van der Waals surface area contributed by atoms with Gasteiger partial charge in [-0.15, -0.1) is 0 Å². The van der Waals surface area contributed by atoms with E-state index in [1.54, 1.807) is 36.1 Å². The smallest absolute Gasteiger partial charge is 0.256 e. The van der Waals surface area contributed by atoms with Crippen LogP contribution in [0.25, 0.3) is 5.69 Å². The predicted octanol–water partition coefficient (Wildman–Crippen LogP) is 3.55. The summed E-state index contributed by atoms with van der Waals surface area (Å²) in [5.74, 6) is 1.72. The first kappa shape index (κ1) is 17.8. The lowest BCUT2D eigenvalue weighted by atomic mass is 10.2. The Balaban J connectivity index is 1.74. The van der Waals surface area contributed by atoms with Crippen LogP contribution in [0, 0.1) is 0 Å². The summed E-state index contributed by atoms with van der Waals surface area (Å²) in [5.41, 5.74) is 2.76. The van der Waals surface area contributed by atoms with E-state index in [1.807, 2.05) is 24.3 Å². The van der Waals surface area contributed by atoms with Crippen LogP contribution in [0.2, 0.25) is 5.02 Å². The van der Waals surface area contributed by atoms with Crippen LogP contribution in [0.4, 0.5) is 5.82 Å². The van der Waals surface area contributed by atoms with Crippen molar-refractivity contribution in [2.75, 3.05) is 12.4 Å². The van der Waals surface area contributed by atoms with Crippen molar-refractivity contribution < 1.29 is 13.7 Å². The van der Waals surface area contributed by atoms with Crippen molar-refractivity contribution >= 4 is 34.1 Å². The molecule has 0 unspecified atom stereocenters. The minimum Gasteiger partial charge on any atom is -0.497 e. The third kappa shape index (κ3) is 3.48. The number of nitrogens with zero attached hydrogens (tertiary/aromatic N) is 2. The number of methoxy groups -OCH3 is 1. The molecule has 27 heavy (non-hydrogen) atoms. The number of halogens is 1. The molecule has 1 amide bonds. The normalized spacial score (nSPS) is 15.4. The highest BCUT2D eigenvalue weighted by Crippen LogP contribution is 2.32. The maximum atomic E-state index is 12.7. The molecule has 1 N–H and O–H groups in total. The highest BCUT2D eigenvalue weighted by molar-refractivity contribution is 7.83. The Morgan fingerprint density at radius 3 is 2.70 bits per heavy atom. The van der Waals surface area contributed by atoms with Gasteiger partial charge in [-0.1, -0.05) is 17.7 Å². The van der Waals surface area contributed by atoms with E-state index >= 15 is 0 Å². The molecule has 2 heterocycles. The fourth-order valence-corrected chi connectivity index (χ4v) is 4.43. The SMILES string of the molecule is COc1ccc(-n2nc3c(c2NC(=O)c2cccc(Cl)c2)C[S@@](=O)C3)cc1. The third-order valence-electron chi connectivity index (χ3n) is 4.31. The van der Waals surface area contributed by atoms with Crippen LogP contribution >= 0.6 is 11.6 Å². The molecule has 0 fully saturated rings. The lowest BCUT2D eigenvalue weighted by Gasteiger charge is -2.12. The Labute approximate surface area is 163 Å². The molecule has 8 heteroatoms. The second-order valence-electron chi connectivity index (χ2n) is 6.08. The average Bonchev–Trinajstić information content (AvgIpc) is 3.19. The first-order chi connectivity index (χ1) is 13.0. The Bertz CT molecular complexity index is 1050. The lowest BCUT2D eigenvalue weighted by molar-refractivity contribution is 0.102. The molecule has 138 valence electrons. The van der Waals surface area contributed by atoms with Gasteiger partial charge in [-0.25, -0.2) is 4.68 Å². The number of rotatable bonds is 4. The Morgan fingerprint density at radius 2 is 2.00 bits per heavy atom. The van der Waals surface area contributed by atoms with Crippen molar-refractivity contribution in [3.63, 3.8) is 0 Å². The van der Waals surface area contributed by atoms with Gasteiger partial charge in [0.1, 0.15) is 11.6 Å². The van der Waals surface area contributed by atoms with Gasteiger partial charge in [0.25, 0.3) is 5.91 Å². The monoisotopic (exact) mass is 401 g/mol. The van der Waals surface area contributed by atoms with Crippen LogP contribution in [0.15, 0.2) is 48.5 Å². The second-order valence-corrected chi connectivity index (χ2v) is 7.97. The van der Waals surface area contributed by atoms with Gasteiger partial charge in [0.05, 0.1) is 30.0 Å². The molecule has 6 nitrogen and oxygen atoms in total. The van der Waals surface area contributed by atoms with Crippen molar-refractivity contribution in [2.45, 2.75) is 11.5 Å². The van der Waals surface area contributed by atoms with E-state index in [1.165, 1.54) is 0 Å². The molecule has 1 aliphatic rings. The second kappa shape index (κ2) is 7.17. The summed E-state index contributed by atoms with van der Waals surface area (Å²) < 4.78 is 18.8. The number of hydrogen-bond donors (Lipinski definition) is 1. The number of carbonyl (C=O) groups excluding carboxylic acids is 1. The van der Waals surface area contributed by atoms with E-state index < -0.39 is 10.8 Å². The fourth-order valence-electron chi connectivity index (χ4n) is 2.98. The summed E-state index contributed by atoms with van der Waals surface area (Å²) in [7, 11) is 0.601. The summed E-state index contributed by atoms with van der Waals surface area (Å²) in [5, 5.41) is 7.98. The summed E-state index contributed by atoms with van der Waals surface area (Å²) >= 11 is 5.99. The zero-order chi connectivity index (χ0) is 19.0. The summed E-state index contributed by atoms with van der Waals surface area (Å²) in [6.45, 7) is 0.